The summed E-state index contributed by atoms with van der Waals surface area (Å²) in [5.41, 5.74) is 14.9. The fourth-order valence-corrected chi connectivity index (χ4v) is 12.7. The number of rotatable bonds is 8. The van der Waals surface area contributed by atoms with Crippen LogP contribution < -0.4 is 9.80 Å². The van der Waals surface area contributed by atoms with Crippen molar-refractivity contribution in [3.8, 4) is 0 Å². The first kappa shape index (κ1) is 42.9. The Morgan fingerprint density at radius 2 is 0.566 bits per heavy atom. The van der Waals surface area contributed by atoms with Gasteiger partial charge in [0.05, 0.1) is 34.1 Å². The van der Waals surface area contributed by atoms with E-state index in [1.165, 1.54) is 21.9 Å². The molecule has 0 saturated carbocycles. The van der Waals surface area contributed by atoms with E-state index in [1.54, 1.807) is 0 Å². The van der Waals surface area contributed by atoms with Gasteiger partial charge in [-0.05, 0) is 93.0 Å². The molecule has 0 atom stereocenters. The zero-order chi connectivity index (χ0) is 50.5. The highest BCUT2D eigenvalue weighted by molar-refractivity contribution is 6.29. The maximum absolute atomic E-state index is 7.15. The van der Waals surface area contributed by atoms with Crippen LogP contribution >= 0.6 is 0 Å². The highest BCUT2D eigenvalue weighted by atomic mass is 16.3. The highest BCUT2D eigenvalue weighted by Crippen LogP contribution is 2.53. The summed E-state index contributed by atoms with van der Waals surface area (Å²) in [6, 6.07) is 74.0. The molecule has 4 aromatic heterocycles. The van der Waals surface area contributed by atoms with Crippen molar-refractivity contribution in [2.75, 3.05) is 9.80 Å². The van der Waals surface area contributed by atoms with E-state index in [0.29, 0.717) is 0 Å². The Morgan fingerprint density at radius 3 is 0.961 bits per heavy atom. The van der Waals surface area contributed by atoms with Gasteiger partial charge >= 0.3 is 0 Å². The number of benzene rings is 12. The minimum atomic E-state index is 0.280. The van der Waals surface area contributed by atoms with Crippen LogP contribution in [0.5, 0.6) is 0 Å². The minimum absolute atomic E-state index is 0.280. The third kappa shape index (κ3) is 5.98. The average molecular weight is 981 g/mol. The van der Waals surface area contributed by atoms with Gasteiger partial charge in [0.1, 0.15) is 22.3 Å². The Hall–Kier alpha value is -9.52. The average Bonchev–Trinajstić information content (AvgIpc) is 4.27. The number of fused-ring (bicyclic) bond motifs is 12. The molecule has 0 fully saturated rings. The Balaban J connectivity index is 0.994. The van der Waals surface area contributed by atoms with Crippen LogP contribution in [0.15, 0.2) is 224 Å². The molecule has 12 aromatic carbocycles. The van der Waals surface area contributed by atoms with Crippen molar-refractivity contribution in [3.05, 3.63) is 217 Å². The van der Waals surface area contributed by atoms with Gasteiger partial charge in [0.15, 0.2) is 22.3 Å². The lowest BCUT2D eigenvalue weighted by Crippen LogP contribution is -2.12. The van der Waals surface area contributed by atoms with Crippen LogP contribution in [0.25, 0.3) is 120 Å². The van der Waals surface area contributed by atoms with Gasteiger partial charge in [-0.25, -0.2) is 0 Å². The third-order valence-corrected chi connectivity index (χ3v) is 16.1. The van der Waals surface area contributed by atoms with Gasteiger partial charge in [-0.3, -0.25) is 0 Å². The summed E-state index contributed by atoms with van der Waals surface area (Å²) in [6.45, 7) is 8.92. The quantitative estimate of drug-likeness (QED) is 0.141. The number of anilines is 6. The molecule has 0 radical (unpaired) electrons. The van der Waals surface area contributed by atoms with E-state index in [2.05, 4.69) is 232 Å². The number of hydrogen-bond donors (Lipinski definition) is 0. The molecule has 0 aliphatic rings. The molecule has 0 spiro atoms. The lowest BCUT2D eigenvalue weighted by Gasteiger charge is -2.29. The summed E-state index contributed by atoms with van der Waals surface area (Å²) in [5, 5.41) is 15.4. The van der Waals surface area contributed by atoms with Crippen LogP contribution in [-0.2, 0) is 0 Å². The molecule has 0 amide bonds. The topological polar surface area (TPSA) is 59.0 Å². The van der Waals surface area contributed by atoms with Crippen molar-refractivity contribution >= 4 is 154 Å². The van der Waals surface area contributed by atoms with Crippen molar-refractivity contribution in [2.45, 2.75) is 39.5 Å². The lowest BCUT2D eigenvalue weighted by molar-refractivity contribution is 0.656. The maximum Gasteiger partial charge on any atom is 0.159 e. The Bertz CT molecular complexity index is 4730. The summed E-state index contributed by atoms with van der Waals surface area (Å²) >= 11 is 0. The van der Waals surface area contributed by atoms with E-state index in [-0.39, 0.29) is 11.8 Å². The number of para-hydroxylation sites is 8. The van der Waals surface area contributed by atoms with E-state index in [4.69, 9.17) is 17.7 Å². The number of hydrogen-bond acceptors (Lipinski definition) is 6. The molecule has 6 heteroatoms. The Kier molecular flexibility index (Phi) is 9.03. The van der Waals surface area contributed by atoms with E-state index < -0.39 is 0 Å². The summed E-state index contributed by atoms with van der Waals surface area (Å²) < 4.78 is 28.1. The monoisotopic (exact) mass is 980 g/mol. The molecule has 16 rings (SSSR count). The van der Waals surface area contributed by atoms with Crippen molar-refractivity contribution in [3.63, 3.8) is 0 Å². The second-order valence-corrected chi connectivity index (χ2v) is 21.0. The first-order chi connectivity index (χ1) is 37.4. The highest BCUT2D eigenvalue weighted by Gasteiger charge is 2.29. The van der Waals surface area contributed by atoms with E-state index in [9.17, 15) is 0 Å². The molecule has 0 N–H and O–H groups in total. The molecule has 362 valence electrons. The largest absolute Gasteiger partial charge is 0.454 e. The normalized spacial score (nSPS) is 12.4. The summed E-state index contributed by atoms with van der Waals surface area (Å²) in [5.74, 6) is 0.560. The van der Waals surface area contributed by atoms with Gasteiger partial charge in [0.25, 0.3) is 0 Å². The minimum Gasteiger partial charge on any atom is -0.454 e. The van der Waals surface area contributed by atoms with Crippen LogP contribution in [0.2, 0.25) is 0 Å². The van der Waals surface area contributed by atoms with Gasteiger partial charge in [0, 0.05) is 53.9 Å². The van der Waals surface area contributed by atoms with Crippen molar-refractivity contribution < 1.29 is 17.7 Å². The summed E-state index contributed by atoms with van der Waals surface area (Å²) in [4.78, 5) is 4.75. The van der Waals surface area contributed by atoms with Gasteiger partial charge in [-0.15, -0.1) is 0 Å². The second kappa shape index (κ2) is 16.0. The molecule has 16 aromatic rings. The fourth-order valence-electron chi connectivity index (χ4n) is 12.7. The summed E-state index contributed by atoms with van der Waals surface area (Å²) in [7, 11) is 0. The molecular weight excluding hydrogens is 933 g/mol. The molecule has 0 saturated heterocycles. The molecule has 4 heterocycles. The predicted molar refractivity (Wildman–Crippen MR) is 317 cm³/mol. The van der Waals surface area contributed by atoms with Crippen LogP contribution in [0.1, 0.15) is 50.7 Å². The van der Waals surface area contributed by atoms with Gasteiger partial charge in [-0.1, -0.05) is 185 Å². The van der Waals surface area contributed by atoms with Gasteiger partial charge in [-0.2, -0.15) is 0 Å². The van der Waals surface area contributed by atoms with Gasteiger partial charge in [0.2, 0.25) is 0 Å². The molecule has 76 heavy (non-hydrogen) atoms. The van der Waals surface area contributed by atoms with Crippen LogP contribution in [0.4, 0.5) is 34.1 Å². The second-order valence-electron chi connectivity index (χ2n) is 21.0. The molecular formula is C70H48N2O4. The number of furan rings is 4. The van der Waals surface area contributed by atoms with Crippen LogP contribution in [0, 0.1) is 0 Å². The van der Waals surface area contributed by atoms with Crippen LogP contribution in [-0.4, -0.2) is 0 Å². The first-order valence-corrected chi connectivity index (χ1v) is 26.4. The molecule has 0 unspecified atom stereocenters. The number of nitrogens with zero attached hydrogens (tertiary/aromatic N) is 2. The van der Waals surface area contributed by atoms with Crippen molar-refractivity contribution in [1.82, 2.24) is 0 Å². The predicted octanol–water partition coefficient (Wildman–Crippen LogP) is 21.4. The Labute approximate surface area is 436 Å². The van der Waals surface area contributed by atoms with Crippen LogP contribution in [0.3, 0.4) is 0 Å². The zero-order valence-electron chi connectivity index (χ0n) is 42.3. The van der Waals surface area contributed by atoms with E-state index in [1.807, 2.05) is 12.1 Å². The summed E-state index contributed by atoms with van der Waals surface area (Å²) in [6.07, 6.45) is 0. The first-order valence-electron chi connectivity index (χ1n) is 26.4. The smallest absolute Gasteiger partial charge is 0.159 e. The van der Waals surface area contributed by atoms with Gasteiger partial charge < -0.3 is 27.5 Å². The molecule has 0 aliphatic heterocycles. The van der Waals surface area contributed by atoms with Crippen molar-refractivity contribution in [1.29, 1.82) is 0 Å². The third-order valence-electron chi connectivity index (χ3n) is 16.1. The van der Waals surface area contributed by atoms with E-state index >= 15 is 0 Å². The SMILES string of the molecule is CC(C)c1cccc2c1oc1c(N(c3ccc4ccc5c(N(c6cccc7c6oc6ccccc67)c6cccc7c6oc6c(C(C)C)cccc67)ccc6ccc3c4c65)c3cccc4c3oc3ccccc34)cccc12. The molecule has 0 aliphatic carbocycles. The maximum atomic E-state index is 7.15. The molecule has 6 nitrogen and oxygen atoms in total. The van der Waals surface area contributed by atoms with Crippen molar-refractivity contribution in [2.24, 2.45) is 0 Å². The fraction of sp³-hybridized carbons (Fsp3) is 0.0857. The zero-order valence-corrected chi connectivity index (χ0v) is 42.3. The standard InChI is InChI=1S/C70H48N2O4/c1-39(2)43-17-9-19-49-51-23-13-27-59(69(51)75-65(43)49)71(57-25-11-21-47-45-15-5-7-29-61(45)73-67(47)57)55-37-33-41-32-36-54-56(38-34-42-31-35-53(55)63(41)64(42)54)72(58-26-12-22-48-46-16-6-8-30-62(46)74-68(48)58)60-28-14-24-52-50-20-10-18-44(40(3)4)66(50)76-70(52)60/h5-40H,1-4H3. The lowest BCUT2D eigenvalue weighted by atomic mass is 9.91. The Morgan fingerprint density at radius 1 is 0.250 bits per heavy atom. The van der Waals surface area contributed by atoms with E-state index in [0.717, 1.165) is 143 Å². The molecule has 0 bridgehead atoms.